The summed E-state index contributed by atoms with van der Waals surface area (Å²) in [7, 11) is 1.61. The van der Waals surface area contributed by atoms with Gasteiger partial charge < -0.3 is 10.2 Å². The molecule has 1 aromatic heterocycles. The lowest BCUT2D eigenvalue weighted by Gasteiger charge is -2.36. The van der Waals surface area contributed by atoms with Crippen molar-refractivity contribution in [3.05, 3.63) is 24.3 Å². The number of rotatable bonds is 4. The van der Waals surface area contributed by atoms with Crippen LogP contribution < -0.4 is 5.32 Å². The fourth-order valence-corrected chi connectivity index (χ4v) is 4.07. The van der Waals surface area contributed by atoms with Crippen LogP contribution >= 0.6 is 0 Å². The maximum absolute atomic E-state index is 12.9. The van der Waals surface area contributed by atoms with Gasteiger partial charge in [-0.05, 0) is 31.6 Å². The first-order chi connectivity index (χ1) is 11.2. The Kier molecular flexibility index (Phi) is 4.59. The SMILES string of the molecule is CNC(=O)[C@]1(c2cnccn2)CCCN1C(=O)CC1CCCC1. The Bertz CT molecular complexity index is 571. The van der Waals surface area contributed by atoms with E-state index in [-0.39, 0.29) is 11.8 Å². The van der Waals surface area contributed by atoms with Gasteiger partial charge in [0.2, 0.25) is 5.91 Å². The summed E-state index contributed by atoms with van der Waals surface area (Å²) in [6.45, 7) is 0.607. The Labute approximate surface area is 136 Å². The van der Waals surface area contributed by atoms with E-state index >= 15 is 0 Å². The van der Waals surface area contributed by atoms with Crippen molar-refractivity contribution in [2.24, 2.45) is 5.92 Å². The smallest absolute Gasteiger partial charge is 0.252 e. The summed E-state index contributed by atoms with van der Waals surface area (Å²) >= 11 is 0. The van der Waals surface area contributed by atoms with Crippen LogP contribution in [0.3, 0.4) is 0 Å². The van der Waals surface area contributed by atoms with Crippen LogP contribution in [0.25, 0.3) is 0 Å². The minimum atomic E-state index is -1.00. The predicted octanol–water partition coefficient (Wildman–Crippen LogP) is 1.62. The van der Waals surface area contributed by atoms with E-state index in [1.807, 2.05) is 0 Å². The lowest BCUT2D eigenvalue weighted by molar-refractivity contribution is -0.146. The monoisotopic (exact) mass is 316 g/mol. The highest BCUT2D eigenvalue weighted by Gasteiger charge is 2.52. The van der Waals surface area contributed by atoms with E-state index < -0.39 is 5.54 Å². The normalized spacial score (nSPS) is 24.8. The Hall–Kier alpha value is -1.98. The number of hydrogen-bond acceptors (Lipinski definition) is 4. The number of likely N-dealkylation sites (tertiary alicyclic amines) is 1. The summed E-state index contributed by atoms with van der Waals surface area (Å²) < 4.78 is 0. The molecule has 6 heteroatoms. The van der Waals surface area contributed by atoms with Crippen molar-refractivity contribution < 1.29 is 9.59 Å². The number of nitrogens with zero attached hydrogens (tertiary/aromatic N) is 3. The molecule has 0 radical (unpaired) electrons. The molecule has 3 rings (SSSR count). The number of carbonyl (C=O) groups is 2. The highest BCUT2D eigenvalue weighted by Crippen LogP contribution is 2.39. The lowest BCUT2D eigenvalue weighted by Crippen LogP contribution is -2.55. The molecular formula is C17H24N4O2. The van der Waals surface area contributed by atoms with Crippen molar-refractivity contribution in [1.29, 1.82) is 0 Å². The molecule has 1 saturated heterocycles. The molecular weight excluding hydrogens is 292 g/mol. The highest BCUT2D eigenvalue weighted by molar-refractivity contribution is 5.92. The predicted molar refractivity (Wildman–Crippen MR) is 85.3 cm³/mol. The fraction of sp³-hybridized carbons (Fsp3) is 0.647. The third kappa shape index (κ3) is 2.82. The van der Waals surface area contributed by atoms with Crippen molar-refractivity contribution in [2.75, 3.05) is 13.6 Å². The van der Waals surface area contributed by atoms with Gasteiger partial charge in [0, 0.05) is 32.4 Å². The molecule has 2 fully saturated rings. The molecule has 1 N–H and O–H groups in total. The van der Waals surface area contributed by atoms with Gasteiger partial charge in [0.05, 0.1) is 11.9 Å². The summed E-state index contributed by atoms with van der Waals surface area (Å²) in [6.07, 6.45) is 11.4. The summed E-state index contributed by atoms with van der Waals surface area (Å²) in [5.74, 6) is 0.367. The van der Waals surface area contributed by atoms with Crippen molar-refractivity contribution in [3.8, 4) is 0 Å². The molecule has 1 aliphatic heterocycles. The molecule has 124 valence electrons. The first-order valence-corrected chi connectivity index (χ1v) is 8.47. The van der Waals surface area contributed by atoms with Gasteiger partial charge in [-0.25, -0.2) is 0 Å². The summed E-state index contributed by atoms with van der Waals surface area (Å²) in [5, 5.41) is 2.72. The molecule has 1 aliphatic carbocycles. The zero-order chi connectivity index (χ0) is 16.3. The minimum absolute atomic E-state index is 0.0728. The molecule has 1 aromatic rings. The molecule has 1 saturated carbocycles. The van der Waals surface area contributed by atoms with E-state index in [4.69, 9.17) is 0 Å². The number of aromatic nitrogens is 2. The van der Waals surface area contributed by atoms with Crippen LogP contribution in [-0.2, 0) is 15.1 Å². The molecule has 0 unspecified atom stereocenters. The molecule has 0 bridgehead atoms. The second-order valence-electron chi connectivity index (χ2n) is 6.53. The maximum Gasteiger partial charge on any atom is 0.252 e. The number of nitrogens with one attached hydrogen (secondary N) is 1. The van der Waals surface area contributed by atoms with Gasteiger partial charge in [-0.3, -0.25) is 19.6 Å². The van der Waals surface area contributed by atoms with Crippen molar-refractivity contribution >= 4 is 11.8 Å². The van der Waals surface area contributed by atoms with Crippen LogP contribution in [0.2, 0.25) is 0 Å². The number of amides is 2. The van der Waals surface area contributed by atoms with E-state index in [0.29, 0.717) is 31.0 Å². The summed E-state index contributed by atoms with van der Waals surface area (Å²) in [4.78, 5) is 35.8. The van der Waals surface area contributed by atoms with Crippen molar-refractivity contribution in [1.82, 2.24) is 20.2 Å². The van der Waals surface area contributed by atoms with E-state index in [1.165, 1.54) is 12.8 Å². The van der Waals surface area contributed by atoms with Crippen LogP contribution in [0.5, 0.6) is 0 Å². The van der Waals surface area contributed by atoms with Gasteiger partial charge in [-0.1, -0.05) is 12.8 Å². The van der Waals surface area contributed by atoms with Crippen LogP contribution in [-0.4, -0.2) is 40.3 Å². The second kappa shape index (κ2) is 6.64. The largest absolute Gasteiger partial charge is 0.357 e. The molecule has 2 heterocycles. The zero-order valence-electron chi connectivity index (χ0n) is 13.6. The first kappa shape index (κ1) is 15.9. The Morgan fingerprint density at radius 1 is 1.30 bits per heavy atom. The summed E-state index contributed by atoms with van der Waals surface area (Å²) in [6, 6.07) is 0. The fourth-order valence-electron chi connectivity index (χ4n) is 4.07. The molecule has 6 nitrogen and oxygen atoms in total. The second-order valence-corrected chi connectivity index (χ2v) is 6.53. The van der Waals surface area contributed by atoms with Gasteiger partial charge in [-0.15, -0.1) is 0 Å². The summed E-state index contributed by atoms with van der Waals surface area (Å²) in [5.41, 5.74) is -0.435. The van der Waals surface area contributed by atoms with Crippen LogP contribution in [0.1, 0.15) is 50.6 Å². The maximum atomic E-state index is 12.9. The number of carbonyl (C=O) groups excluding carboxylic acids is 2. The van der Waals surface area contributed by atoms with Crippen molar-refractivity contribution in [3.63, 3.8) is 0 Å². The zero-order valence-corrected chi connectivity index (χ0v) is 13.6. The van der Waals surface area contributed by atoms with Crippen LogP contribution in [0.15, 0.2) is 18.6 Å². The lowest BCUT2D eigenvalue weighted by atomic mass is 9.90. The molecule has 2 aliphatic rings. The highest BCUT2D eigenvalue weighted by atomic mass is 16.2. The van der Waals surface area contributed by atoms with Crippen LogP contribution in [0, 0.1) is 5.92 Å². The van der Waals surface area contributed by atoms with Gasteiger partial charge in [0.15, 0.2) is 5.54 Å². The Morgan fingerprint density at radius 3 is 2.74 bits per heavy atom. The van der Waals surface area contributed by atoms with Crippen molar-refractivity contribution in [2.45, 2.75) is 50.5 Å². The Morgan fingerprint density at radius 2 is 2.09 bits per heavy atom. The molecule has 1 atom stereocenters. The number of likely N-dealkylation sites (N-methyl/N-ethyl adjacent to an activating group) is 1. The minimum Gasteiger partial charge on any atom is -0.357 e. The first-order valence-electron chi connectivity index (χ1n) is 8.47. The van der Waals surface area contributed by atoms with Gasteiger partial charge in [0.1, 0.15) is 0 Å². The van der Waals surface area contributed by atoms with Crippen LogP contribution in [0.4, 0.5) is 0 Å². The molecule has 0 spiro atoms. The van der Waals surface area contributed by atoms with E-state index in [9.17, 15) is 9.59 Å². The third-order valence-corrected chi connectivity index (χ3v) is 5.21. The third-order valence-electron chi connectivity index (χ3n) is 5.21. The van der Waals surface area contributed by atoms with E-state index in [2.05, 4.69) is 15.3 Å². The Balaban J connectivity index is 1.90. The van der Waals surface area contributed by atoms with Gasteiger partial charge in [0.25, 0.3) is 5.91 Å². The van der Waals surface area contributed by atoms with E-state index in [0.717, 1.165) is 19.3 Å². The van der Waals surface area contributed by atoms with Gasteiger partial charge in [-0.2, -0.15) is 0 Å². The van der Waals surface area contributed by atoms with E-state index in [1.54, 1.807) is 30.5 Å². The standard InChI is InChI=1S/C17H24N4O2/c1-18-16(23)17(14-12-19-8-9-20-14)7-4-10-21(17)15(22)11-13-5-2-3-6-13/h8-9,12-13H,2-7,10-11H2,1H3,(H,18,23)/t17-/m1/s1. The molecule has 2 amide bonds. The molecule has 0 aromatic carbocycles. The average molecular weight is 316 g/mol. The topological polar surface area (TPSA) is 75.2 Å². The van der Waals surface area contributed by atoms with Gasteiger partial charge >= 0.3 is 0 Å². The molecule has 23 heavy (non-hydrogen) atoms. The number of hydrogen-bond donors (Lipinski definition) is 1. The average Bonchev–Trinajstić information content (AvgIpc) is 3.24. The quantitative estimate of drug-likeness (QED) is 0.916.